The maximum atomic E-state index is 9.87. The van der Waals surface area contributed by atoms with Gasteiger partial charge < -0.3 is 15.3 Å². The summed E-state index contributed by atoms with van der Waals surface area (Å²) in [5.74, 6) is 3.13. The van der Waals surface area contributed by atoms with Gasteiger partial charge in [0.15, 0.2) is 0 Å². The first kappa shape index (κ1) is 13.1. The smallest absolute Gasteiger partial charge is 0.136 e. The van der Waals surface area contributed by atoms with E-state index in [1.807, 2.05) is 25.1 Å². The fraction of sp³-hybridized carbons (Fsp3) is 0.692. The van der Waals surface area contributed by atoms with Crippen LogP contribution in [0.25, 0.3) is 0 Å². The SMILES string of the molecule is CNc1cc(N(C)CC(C)(C)O)nc(C2CC2)n1. The van der Waals surface area contributed by atoms with E-state index < -0.39 is 5.60 Å². The quantitative estimate of drug-likeness (QED) is 0.831. The van der Waals surface area contributed by atoms with Crippen molar-refractivity contribution in [2.24, 2.45) is 0 Å². The molecule has 18 heavy (non-hydrogen) atoms. The summed E-state index contributed by atoms with van der Waals surface area (Å²) in [5, 5.41) is 12.9. The third-order valence-corrected chi connectivity index (χ3v) is 2.94. The zero-order valence-corrected chi connectivity index (χ0v) is 11.6. The molecule has 0 aromatic carbocycles. The molecular formula is C13H22N4O. The van der Waals surface area contributed by atoms with Gasteiger partial charge in [0, 0.05) is 32.6 Å². The second kappa shape index (κ2) is 4.72. The van der Waals surface area contributed by atoms with Crippen molar-refractivity contribution in [1.82, 2.24) is 9.97 Å². The molecule has 1 heterocycles. The highest BCUT2D eigenvalue weighted by molar-refractivity contribution is 5.49. The van der Waals surface area contributed by atoms with Crippen molar-refractivity contribution in [3.05, 3.63) is 11.9 Å². The van der Waals surface area contributed by atoms with E-state index in [0.29, 0.717) is 12.5 Å². The lowest BCUT2D eigenvalue weighted by Crippen LogP contribution is -2.36. The van der Waals surface area contributed by atoms with Crippen molar-refractivity contribution in [3.8, 4) is 0 Å². The molecule has 1 aromatic rings. The van der Waals surface area contributed by atoms with Crippen molar-refractivity contribution in [2.45, 2.75) is 38.2 Å². The summed E-state index contributed by atoms with van der Waals surface area (Å²) < 4.78 is 0. The van der Waals surface area contributed by atoms with E-state index in [4.69, 9.17) is 0 Å². The number of aliphatic hydroxyl groups is 1. The third kappa shape index (κ3) is 3.32. The molecule has 0 amide bonds. The summed E-state index contributed by atoms with van der Waals surface area (Å²) in [6, 6.07) is 1.91. The van der Waals surface area contributed by atoms with Crippen LogP contribution in [0.1, 0.15) is 38.4 Å². The van der Waals surface area contributed by atoms with Crippen molar-refractivity contribution < 1.29 is 5.11 Å². The monoisotopic (exact) mass is 250 g/mol. The van der Waals surface area contributed by atoms with Gasteiger partial charge in [-0.1, -0.05) is 0 Å². The van der Waals surface area contributed by atoms with E-state index >= 15 is 0 Å². The molecular weight excluding hydrogens is 228 g/mol. The average molecular weight is 250 g/mol. The highest BCUT2D eigenvalue weighted by Gasteiger charge is 2.28. The number of nitrogens with zero attached hydrogens (tertiary/aromatic N) is 3. The van der Waals surface area contributed by atoms with Crippen molar-refractivity contribution in [1.29, 1.82) is 0 Å². The zero-order valence-electron chi connectivity index (χ0n) is 11.6. The Kier molecular flexibility index (Phi) is 3.43. The minimum atomic E-state index is -0.737. The van der Waals surface area contributed by atoms with E-state index in [9.17, 15) is 5.11 Å². The first-order valence-electron chi connectivity index (χ1n) is 6.39. The van der Waals surface area contributed by atoms with Crippen LogP contribution < -0.4 is 10.2 Å². The van der Waals surface area contributed by atoms with Crippen LogP contribution in [0.3, 0.4) is 0 Å². The molecule has 1 saturated carbocycles. The van der Waals surface area contributed by atoms with E-state index in [0.717, 1.165) is 17.5 Å². The summed E-state index contributed by atoms with van der Waals surface area (Å²) >= 11 is 0. The Labute approximate surface area is 108 Å². The molecule has 0 aliphatic heterocycles. The Balaban J connectivity index is 2.22. The van der Waals surface area contributed by atoms with E-state index in [2.05, 4.69) is 15.3 Å². The summed E-state index contributed by atoms with van der Waals surface area (Å²) in [6.45, 7) is 4.13. The molecule has 0 bridgehead atoms. The molecule has 2 N–H and O–H groups in total. The van der Waals surface area contributed by atoms with Gasteiger partial charge in [-0.25, -0.2) is 9.97 Å². The van der Waals surface area contributed by atoms with Gasteiger partial charge in [-0.3, -0.25) is 0 Å². The molecule has 100 valence electrons. The van der Waals surface area contributed by atoms with Gasteiger partial charge in [-0.15, -0.1) is 0 Å². The topological polar surface area (TPSA) is 61.3 Å². The minimum absolute atomic E-state index is 0.521. The Bertz CT molecular complexity index is 423. The van der Waals surface area contributed by atoms with Gasteiger partial charge in [0.05, 0.1) is 5.60 Å². The fourth-order valence-electron chi connectivity index (χ4n) is 1.96. The molecule has 0 saturated heterocycles. The number of likely N-dealkylation sites (N-methyl/N-ethyl adjacent to an activating group) is 1. The normalized spacial score (nSPS) is 15.6. The summed E-state index contributed by atoms with van der Waals surface area (Å²) in [5.41, 5.74) is -0.737. The van der Waals surface area contributed by atoms with Crippen molar-refractivity contribution in [2.75, 3.05) is 30.9 Å². The fourth-order valence-corrected chi connectivity index (χ4v) is 1.96. The molecule has 0 radical (unpaired) electrons. The average Bonchev–Trinajstić information content (AvgIpc) is 3.09. The molecule has 2 rings (SSSR count). The molecule has 0 spiro atoms. The molecule has 1 aliphatic carbocycles. The number of anilines is 2. The Morgan fingerprint density at radius 3 is 2.61 bits per heavy atom. The lowest BCUT2D eigenvalue weighted by molar-refractivity contribution is 0.0884. The molecule has 1 aliphatic rings. The first-order valence-corrected chi connectivity index (χ1v) is 6.39. The van der Waals surface area contributed by atoms with Crippen LogP contribution in [-0.4, -0.2) is 41.3 Å². The van der Waals surface area contributed by atoms with Crippen molar-refractivity contribution >= 4 is 11.6 Å². The summed E-state index contributed by atoms with van der Waals surface area (Å²) in [7, 11) is 3.80. The highest BCUT2D eigenvalue weighted by Crippen LogP contribution is 2.39. The number of nitrogens with one attached hydrogen (secondary N) is 1. The van der Waals surface area contributed by atoms with E-state index in [-0.39, 0.29) is 0 Å². The number of hydrogen-bond donors (Lipinski definition) is 2. The predicted molar refractivity (Wildman–Crippen MR) is 73.1 cm³/mol. The molecule has 5 nitrogen and oxygen atoms in total. The molecule has 5 heteroatoms. The van der Waals surface area contributed by atoms with Gasteiger partial charge in [-0.05, 0) is 26.7 Å². The highest BCUT2D eigenvalue weighted by atomic mass is 16.3. The predicted octanol–water partition coefficient (Wildman–Crippen LogP) is 1.60. The van der Waals surface area contributed by atoms with Crippen LogP contribution >= 0.6 is 0 Å². The lowest BCUT2D eigenvalue weighted by Gasteiger charge is -2.26. The number of rotatable bonds is 5. The first-order chi connectivity index (χ1) is 8.39. The molecule has 1 fully saturated rings. The Morgan fingerprint density at radius 2 is 2.11 bits per heavy atom. The maximum absolute atomic E-state index is 9.87. The summed E-state index contributed by atoms with van der Waals surface area (Å²) in [4.78, 5) is 11.0. The van der Waals surface area contributed by atoms with Gasteiger partial charge in [0.2, 0.25) is 0 Å². The number of hydrogen-bond acceptors (Lipinski definition) is 5. The maximum Gasteiger partial charge on any atom is 0.136 e. The van der Waals surface area contributed by atoms with E-state index in [1.165, 1.54) is 12.8 Å². The standard InChI is InChI=1S/C13H22N4O/c1-13(2,18)8-17(4)11-7-10(14-3)15-12(16-11)9-5-6-9/h7,9,18H,5-6,8H2,1-4H3,(H,14,15,16). The second-order valence-electron chi connectivity index (χ2n) is 5.66. The lowest BCUT2D eigenvalue weighted by atomic mass is 10.1. The molecule has 0 atom stereocenters. The van der Waals surface area contributed by atoms with Crippen LogP contribution in [0.4, 0.5) is 11.6 Å². The summed E-state index contributed by atoms with van der Waals surface area (Å²) in [6.07, 6.45) is 2.36. The van der Waals surface area contributed by atoms with Gasteiger partial charge >= 0.3 is 0 Å². The molecule has 0 unspecified atom stereocenters. The van der Waals surface area contributed by atoms with Crippen LogP contribution in [0.15, 0.2) is 6.07 Å². The second-order valence-corrected chi connectivity index (χ2v) is 5.66. The Hall–Kier alpha value is -1.36. The van der Waals surface area contributed by atoms with Gasteiger partial charge in [0.1, 0.15) is 17.5 Å². The zero-order chi connectivity index (χ0) is 13.3. The van der Waals surface area contributed by atoms with Crippen LogP contribution in [0.2, 0.25) is 0 Å². The van der Waals surface area contributed by atoms with Crippen LogP contribution in [0.5, 0.6) is 0 Å². The minimum Gasteiger partial charge on any atom is -0.389 e. The molecule has 1 aromatic heterocycles. The van der Waals surface area contributed by atoms with Crippen molar-refractivity contribution in [3.63, 3.8) is 0 Å². The third-order valence-electron chi connectivity index (χ3n) is 2.94. The van der Waals surface area contributed by atoms with Gasteiger partial charge in [0.25, 0.3) is 0 Å². The van der Waals surface area contributed by atoms with Crippen LogP contribution in [-0.2, 0) is 0 Å². The Morgan fingerprint density at radius 1 is 1.44 bits per heavy atom. The van der Waals surface area contributed by atoms with Crippen LogP contribution in [0, 0.1) is 0 Å². The van der Waals surface area contributed by atoms with E-state index in [1.54, 1.807) is 13.8 Å². The number of aromatic nitrogens is 2. The van der Waals surface area contributed by atoms with Gasteiger partial charge in [-0.2, -0.15) is 0 Å². The largest absolute Gasteiger partial charge is 0.389 e.